The minimum atomic E-state index is -0.446. The van der Waals surface area contributed by atoms with Crippen molar-refractivity contribution in [2.45, 2.75) is 0 Å². The zero-order valence-corrected chi connectivity index (χ0v) is 16.0. The maximum atomic E-state index is 12.9. The summed E-state index contributed by atoms with van der Waals surface area (Å²) in [7, 11) is 1.60. The second-order valence-corrected chi connectivity index (χ2v) is 6.97. The number of carbonyl (C=O) groups excluding carboxylic acids is 1. The minimum absolute atomic E-state index is 0.0396. The van der Waals surface area contributed by atoms with Gasteiger partial charge in [0.25, 0.3) is 0 Å². The summed E-state index contributed by atoms with van der Waals surface area (Å²) in [6.45, 7) is 0. The third-order valence-corrected chi connectivity index (χ3v) is 5.12. The Labute approximate surface area is 171 Å². The number of hydrogen-bond donors (Lipinski definition) is 3. The number of phenolic OH excluding ortho intramolecular Hbond substituents is 2. The summed E-state index contributed by atoms with van der Waals surface area (Å²) in [4.78, 5) is 16.3. The van der Waals surface area contributed by atoms with Crippen LogP contribution in [0.5, 0.6) is 23.0 Å². The van der Waals surface area contributed by atoms with Crippen LogP contribution < -0.4 is 9.47 Å². The van der Waals surface area contributed by atoms with Crippen LogP contribution in [0.3, 0.4) is 0 Å². The standard InChI is InChI=1S/C24H17NO5/c1-29-15-7-8-18-16(11-15)17(23(25-18)13-5-3-2-4-6-13)12-21-24(28)22-19(27)9-14(26)10-20(22)30-21/h2-12,25-27H,1H3. The van der Waals surface area contributed by atoms with Crippen molar-refractivity contribution in [3.63, 3.8) is 0 Å². The Balaban J connectivity index is 1.72. The summed E-state index contributed by atoms with van der Waals surface area (Å²) in [5, 5.41) is 20.7. The van der Waals surface area contributed by atoms with Gasteiger partial charge in [-0.25, -0.2) is 0 Å². The predicted molar refractivity (Wildman–Crippen MR) is 113 cm³/mol. The van der Waals surface area contributed by atoms with Crippen LogP contribution in [-0.4, -0.2) is 28.1 Å². The van der Waals surface area contributed by atoms with Crippen LogP contribution in [0.4, 0.5) is 0 Å². The number of carbonyl (C=O) groups is 1. The number of aromatic nitrogens is 1. The van der Waals surface area contributed by atoms with Gasteiger partial charge in [-0.05, 0) is 29.8 Å². The first-order valence-electron chi connectivity index (χ1n) is 9.30. The second kappa shape index (κ2) is 6.70. The predicted octanol–water partition coefficient (Wildman–Crippen LogP) is 4.87. The number of fused-ring (bicyclic) bond motifs is 2. The summed E-state index contributed by atoms with van der Waals surface area (Å²) in [5.41, 5.74) is 3.45. The molecule has 0 saturated heterocycles. The lowest BCUT2D eigenvalue weighted by Crippen LogP contribution is -1.98. The van der Waals surface area contributed by atoms with Crippen molar-refractivity contribution in [1.82, 2.24) is 4.98 Å². The molecule has 4 aromatic rings. The largest absolute Gasteiger partial charge is 0.508 e. The number of phenols is 2. The van der Waals surface area contributed by atoms with E-state index in [0.29, 0.717) is 5.75 Å². The molecule has 6 nitrogen and oxygen atoms in total. The van der Waals surface area contributed by atoms with Crippen LogP contribution in [-0.2, 0) is 0 Å². The first-order valence-corrected chi connectivity index (χ1v) is 9.30. The van der Waals surface area contributed by atoms with E-state index in [4.69, 9.17) is 9.47 Å². The van der Waals surface area contributed by atoms with Gasteiger partial charge in [-0.15, -0.1) is 0 Å². The SMILES string of the molecule is COc1ccc2[nH]c(-c3ccccc3)c(C=C3Oc4cc(O)cc(O)c4C3=O)c2c1. The lowest BCUT2D eigenvalue weighted by Gasteiger charge is -2.03. The van der Waals surface area contributed by atoms with Crippen molar-refractivity contribution in [3.05, 3.63) is 77.5 Å². The summed E-state index contributed by atoms with van der Waals surface area (Å²) < 4.78 is 11.1. The monoisotopic (exact) mass is 399 g/mol. The molecule has 0 amide bonds. The molecule has 148 valence electrons. The Hall–Kier alpha value is -4.19. The van der Waals surface area contributed by atoms with Gasteiger partial charge < -0.3 is 24.7 Å². The van der Waals surface area contributed by atoms with Gasteiger partial charge in [-0.1, -0.05) is 30.3 Å². The van der Waals surface area contributed by atoms with E-state index in [2.05, 4.69) is 4.98 Å². The number of aromatic amines is 1. The molecule has 1 aliphatic heterocycles. The molecule has 0 fully saturated rings. The van der Waals surface area contributed by atoms with Crippen LogP contribution >= 0.6 is 0 Å². The number of H-pyrrole nitrogens is 1. The third kappa shape index (κ3) is 2.78. The number of nitrogens with one attached hydrogen (secondary N) is 1. The Kier molecular flexibility index (Phi) is 3.99. The van der Waals surface area contributed by atoms with E-state index in [1.54, 1.807) is 13.2 Å². The average molecular weight is 399 g/mol. The van der Waals surface area contributed by atoms with Gasteiger partial charge >= 0.3 is 0 Å². The summed E-state index contributed by atoms with van der Waals surface area (Å²) in [6, 6.07) is 17.8. The van der Waals surface area contributed by atoms with Gasteiger partial charge in [-0.2, -0.15) is 0 Å². The number of rotatable bonds is 3. The number of hydrogen-bond acceptors (Lipinski definition) is 5. The quantitative estimate of drug-likeness (QED) is 0.428. The van der Waals surface area contributed by atoms with E-state index in [1.807, 2.05) is 48.5 Å². The van der Waals surface area contributed by atoms with Gasteiger partial charge in [-0.3, -0.25) is 4.79 Å². The van der Waals surface area contributed by atoms with Crippen LogP contribution in [0, 0.1) is 0 Å². The van der Waals surface area contributed by atoms with Crippen molar-refractivity contribution < 1.29 is 24.5 Å². The average Bonchev–Trinajstić information content (AvgIpc) is 3.26. The molecule has 0 saturated carbocycles. The first-order chi connectivity index (χ1) is 14.5. The number of ether oxygens (including phenoxy) is 2. The van der Waals surface area contributed by atoms with Crippen LogP contribution in [0.1, 0.15) is 15.9 Å². The molecule has 0 bridgehead atoms. The van der Waals surface area contributed by atoms with E-state index in [0.717, 1.165) is 33.8 Å². The molecule has 1 aliphatic rings. The Bertz CT molecular complexity index is 1330. The molecule has 0 spiro atoms. The number of benzene rings is 3. The van der Waals surface area contributed by atoms with Gasteiger partial charge in [0.05, 0.1) is 12.8 Å². The maximum absolute atomic E-state index is 12.9. The summed E-state index contributed by atoms with van der Waals surface area (Å²) in [5.74, 6) is -0.0670. The van der Waals surface area contributed by atoms with Crippen molar-refractivity contribution in [3.8, 4) is 34.3 Å². The molecule has 3 aromatic carbocycles. The van der Waals surface area contributed by atoms with Gasteiger partial charge in [0.15, 0.2) is 5.76 Å². The Morgan fingerprint density at radius 2 is 1.83 bits per heavy atom. The lowest BCUT2D eigenvalue weighted by atomic mass is 10.0. The third-order valence-electron chi connectivity index (χ3n) is 5.12. The van der Waals surface area contributed by atoms with Crippen LogP contribution in [0.15, 0.2) is 66.4 Å². The molecule has 2 heterocycles. The maximum Gasteiger partial charge on any atom is 0.235 e. The molecule has 1 aromatic heterocycles. The zero-order valence-electron chi connectivity index (χ0n) is 16.0. The van der Waals surface area contributed by atoms with Gasteiger partial charge in [0.2, 0.25) is 5.78 Å². The number of aromatic hydroxyl groups is 2. The molecule has 3 N–H and O–H groups in total. The van der Waals surface area contributed by atoms with Crippen molar-refractivity contribution in [2.24, 2.45) is 0 Å². The van der Waals surface area contributed by atoms with Crippen molar-refractivity contribution in [1.29, 1.82) is 0 Å². The molecular weight excluding hydrogens is 382 g/mol. The molecule has 0 aliphatic carbocycles. The molecule has 5 rings (SSSR count). The highest BCUT2D eigenvalue weighted by Crippen LogP contribution is 2.42. The van der Waals surface area contributed by atoms with E-state index in [1.165, 1.54) is 6.07 Å². The van der Waals surface area contributed by atoms with E-state index in [-0.39, 0.29) is 28.6 Å². The van der Waals surface area contributed by atoms with Gasteiger partial charge in [0, 0.05) is 28.6 Å². The number of Topliss-reactive ketones (excluding diaryl/α,β-unsaturated/α-hetero) is 1. The summed E-state index contributed by atoms with van der Waals surface area (Å²) >= 11 is 0. The Morgan fingerprint density at radius 3 is 2.60 bits per heavy atom. The molecular formula is C24H17NO5. The molecule has 0 unspecified atom stereocenters. The van der Waals surface area contributed by atoms with E-state index >= 15 is 0 Å². The van der Waals surface area contributed by atoms with Crippen LogP contribution in [0.25, 0.3) is 28.2 Å². The number of allylic oxidation sites excluding steroid dienone is 1. The first kappa shape index (κ1) is 17.9. The van der Waals surface area contributed by atoms with Crippen LogP contribution in [0.2, 0.25) is 0 Å². The van der Waals surface area contributed by atoms with E-state index in [9.17, 15) is 15.0 Å². The topological polar surface area (TPSA) is 91.8 Å². The highest BCUT2D eigenvalue weighted by atomic mass is 16.5. The highest BCUT2D eigenvalue weighted by Gasteiger charge is 2.32. The second-order valence-electron chi connectivity index (χ2n) is 6.97. The summed E-state index contributed by atoms with van der Waals surface area (Å²) in [6.07, 6.45) is 1.65. The Morgan fingerprint density at radius 1 is 1.03 bits per heavy atom. The number of methoxy groups -OCH3 is 1. The lowest BCUT2D eigenvalue weighted by molar-refractivity contribution is 0.101. The highest BCUT2D eigenvalue weighted by molar-refractivity contribution is 6.17. The normalized spacial score (nSPS) is 14.2. The van der Waals surface area contributed by atoms with Crippen molar-refractivity contribution in [2.75, 3.05) is 7.11 Å². The van der Waals surface area contributed by atoms with Crippen molar-refractivity contribution >= 4 is 22.8 Å². The molecule has 0 radical (unpaired) electrons. The fourth-order valence-corrected chi connectivity index (χ4v) is 3.71. The van der Waals surface area contributed by atoms with E-state index < -0.39 is 5.78 Å². The smallest absolute Gasteiger partial charge is 0.235 e. The molecule has 0 atom stereocenters. The van der Waals surface area contributed by atoms with Gasteiger partial charge in [0.1, 0.15) is 28.6 Å². The fourth-order valence-electron chi connectivity index (χ4n) is 3.71. The molecule has 6 heteroatoms. The molecule has 30 heavy (non-hydrogen) atoms. The minimum Gasteiger partial charge on any atom is -0.508 e. The number of ketones is 1. The zero-order chi connectivity index (χ0) is 20.8. The fraction of sp³-hybridized carbons (Fsp3) is 0.0417.